The molecule has 0 fully saturated rings. The van der Waals surface area contributed by atoms with Crippen LogP contribution in [0.3, 0.4) is 0 Å². The van der Waals surface area contributed by atoms with Gasteiger partial charge in [-0.15, -0.1) is 0 Å². The van der Waals surface area contributed by atoms with E-state index < -0.39 is 0 Å². The summed E-state index contributed by atoms with van der Waals surface area (Å²) in [6.07, 6.45) is 1.93. The highest BCUT2D eigenvalue weighted by Gasteiger charge is 2.27. The standard InChI is InChI=1S/C32H33NO3/c1-33-18-17-27-20-31(34-2)32(36-23-26-11-7-4-8-12-26)21-29(27)30(33)19-24-13-15-28(16-14-24)35-22-25-9-5-3-6-10-25/h3-16,20-21,30H,17-19,22-23H2,1-2H3/t30-/m0/s1. The molecule has 0 amide bonds. The van der Waals surface area contributed by atoms with E-state index in [1.807, 2.05) is 36.4 Å². The Balaban J connectivity index is 1.31. The minimum absolute atomic E-state index is 0.273. The molecule has 4 heteroatoms. The minimum Gasteiger partial charge on any atom is -0.493 e. The molecular weight excluding hydrogens is 446 g/mol. The van der Waals surface area contributed by atoms with Crippen LogP contribution in [0.25, 0.3) is 0 Å². The van der Waals surface area contributed by atoms with Crippen LogP contribution in [0.5, 0.6) is 17.2 Å². The second kappa shape index (κ2) is 11.3. The van der Waals surface area contributed by atoms with Crippen molar-refractivity contribution < 1.29 is 14.2 Å². The van der Waals surface area contributed by atoms with Crippen LogP contribution in [-0.2, 0) is 26.1 Å². The van der Waals surface area contributed by atoms with Crippen LogP contribution >= 0.6 is 0 Å². The Morgan fingerprint density at radius 3 is 2.00 bits per heavy atom. The Bertz CT molecular complexity index is 1260. The number of nitrogens with zero attached hydrogens (tertiary/aromatic N) is 1. The first kappa shape index (κ1) is 24.0. The Labute approximate surface area is 214 Å². The number of ether oxygens (including phenoxy) is 3. The Kier molecular flexibility index (Phi) is 7.53. The van der Waals surface area contributed by atoms with Gasteiger partial charge in [-0.25, -0.2) is 0 Å². The quantitative estimate of drug-likeness (QED) is 0.270. The Morgan fingerprint density at radius 2 is 1.36 bits per heavy atom. The summed E-state index contributed by atoms with van der Waals surface area (Å²) in [5, 5.41) is 0. The number of methoxy groups -OCH3 is 1. The summed E-state index contributed by atoms with van der Waals surface area (Å²) >= 11 is 0. The number of fused-ring (bicyclic) bond motifs is 1. The van der Waals surface area contributed by atoms with Crippen molar-refractivity contribution in [2.45, 2.75) is 32.1 Å². The van der Waals surface area contributed by atoms with E-state index in [9.17, 15) is 0 Å². The second-order valence-corrected chi connectivity index (χ2v) is 9.34. The van der Waals surface area contributed by atoms with Crippen LogP contribution in [0.15, 0.2) is 97.1 Å². The summed E-state index contributed by atoms with van der Waals surface area (Å²) in [6.45, 7) is 2.11. The van der Waals surface area contributed by atoms with Gasteiger partial charge in [0.1, 0.15) is 19.0 Å². The summed E-state index contributed by atoms with van der Waals surface area (Å²) < 4.78 is 17.9. The van der Waals surface area contributed by atoms with Gasteiger partial charge in [0.15, 0.2) is 11.5 Å². The Morgan fingerprint density at radius 1 is 0.722 bits per heavy atom. The summed E-state index contributed by atoms with van der Waals surface area (Å²) in [5.41, 5.74) is 6.25. The highest BCUT2D eigenvalue weighted by atomic mass is 16.5. The lowest BCUT2D eigenvalue weighted by molar-refractivity contribution is 0.226. The van der Waals surface area contributed by atoms with E-state index >= 15 is 0 Å². The lowest BCUT2D eigenvalue weighted by Crippen LogP contribution is -2.33. The van der Waals surface area contributed by atoms with Gasteiger partial charge in [-0.05, 0) is 72.0 Å². The highest BCUT2D eigenvalue weighted by molar-refractivity contribution is 5.50. The normalized spacial score (nSPS) is 15.2. The zero-order chi connectivity index (χ0) is 24.7. The Hall–Kier alpha value is -3.76. The molecule has 1 aliphatic heterocycles. The molecule has 1 heterocycles. The van der Waals surface area contributed by atoms with Gasteiger partial charge in [-0.3, -0.25) is 4.90 Å². The lowest BCUT2D eigenvalue weighted by Gasteiger charge is -2.35. The summed E-state index contributed by atoms with van der Waals surface area (Å²) in [4.78, 5) is 2.44. The number of benzene rings is 4. The molecule has 4 aromatic carbocycles. The molecule has 1 aliphatic rings. The topological polar surface area (TPSA) is 30.9 Å². The van der Waals surface area contributed by atoms with Crippen molar-refractivity contribution in [1.29, 1.82) is 0 Å². The van der Waals surface area contributed by atoms with Crippen LogP contribution in [0.2, 0.25) is 0 Å². The van der Waals surface area contributed by atoms with Crippen molar-refractivity contribution in [2.24, 2.45) is 0 Å². The van der Waals surface area contributed by atoms with E-state index in [-0.39, 0.29) is 6.04 Å². The zero-order valence-corrected chi connectivity index (χ0v) is 21.0. The molecule has 36 heavy (non-hydrogen) atoms. The molecule has 0 radical (unpaired) electrons. The molecular formula is C32H33NO3. The van der Waals surface area contributed by atoms with Crippen LogP contribution in [0.1, 0.15) is 33.9 Å². The maximum Gasteiger partial charge on any atom is 0.162 e. The fourth-order valence-corrected chi connectivity index (χ4v) is 4.79. The van der Waals surface area contributed by atoms with E-state index in [0.717, 1.165) is 42.2 Å². The number of likely N-dealkylation sites (N-methyl/N-ethyl adjacent to an activating group) is 1. The molecule has 184 valence electrons. The number of hydrogen-bond acceptors (Lipinski definition) is 4. The largest absolute Gasteiger partial charge is 0.493 e. The van der Waals surface area contributed by atoms with Gasteiger partial charge in [0.25, 0.3) is 0 Å². The van der Waals surface area contributed by atoms with E-state index in [0.29, 0.717) is 13.2 Å². The van der Waals surface area contributed by atoms with Crippen molar-refractivity contribution >= 4 is 0 Å². The van der Waals surface area contributed by atoms with Gasteiger partial charge in [0, 0.05) is 12.6 Å². The third-order valence-corrected chi connectivity index (χ3v) is 6.89. The SMILES string of the molecule is COc1cc2c(cc1OCc1ccccc1)[C@H](Cc1ccc(OCc3ccccc3)cc1)N(C)CC2. The lowest BCUT2D eigenvalue weighted by atomic mass is 9.88. The third-order valence-electron chi connectivity index (χ3n) is 6.89. The zero-order valence-electron chi connectivity index (χ0n) is 21.0. The molecule has 0 saturated carbocycles. The highest BCUT2D eigenvalue weighted by Crippen LogP contribution is 2.39. The fraction of sp³-hybridized carbons (Fsp3) is 0.250. The van der Waals surface area contributed by atoms with E-state index in [4.69, 9.17) is 14.2 Å². The molecule has 1 atom stereocenters. The van der Waals surface area contributed by atoms with Crippen molar-refractivity contribution in [3.8, 4) is 17.2 Å². The van der Waals surface area contributed by atoms with Gasteiger partial charge in [-0.2, -0.15) is 0 Å². The van der Waals surface area contributed by atoms with Crippen molar-refractivity contribution in [3.63, 3.8) is 0 Å². The van der Waals surface area contributed by atoms with Crippen molar-refractivity contribution in [3.05, 3.63) is 125 Å². The first-order chi connectivity index (χ1) is 17.7. The van der Waals surface area contributed by atoms with Crippen LogP contribution in [-0.4, -0.2) is 25.6 Å². The summed E-state index contributed by atoms with van der Waals surface area (Å²) in [5.74, 6) is 2.49. The minimum atomic E-state index is 0.273. The van der Waals surface area contributed by atoms with Crippen LogP contribution in [0.4, 0.5) is 0 Å². The van der Waals surface area contributed by atoms with Gasteiger partial charge in [-0.1, -0.05) is 72.8 Å². The van der Waals surface area contributed by atoms with Crippen molar-refractivity contribution in [1.82, 2.24) is 4.90 Å². The predicted molar refractivity (Wildman–Crippen MR) is 144 cm³/mol. The molecule has 0 aromatic heterocycles. The monoisotopic (exact) mass is 479 g/mol. The fourth-order valence-electron chi connectivity index (χ4n) is 4.79. The van der Waals surface area contributed by atoms with Crippen LogP contribution in [0, 0.1) is 0 Å². The predicted octanol–water partition coefficient (Wildman–Crippen LogP) is 6.62. The molecule has 0 unspecified atom stereocenters. The van der Waals surface area contributed by atoms with Gasteiger partial charge < -0.3 is 14.2 Å². The molecule has 0 spiro atoms. The average Bonchev–Trinajstić information content (AvgIpc) is 2.93. The molecule has 5 rings (SSSR count). The molecule has 0 saturated heterocycles. The first-order valence-electron chi connectivity index (χ1n) is 12.5. The summed E-state index contributed by atoms with van der Waals surface area (Å²) in [7, 11) is 3.92. The van der Waals surface area contributed by atoms with Gasteiger partial charge in [0.05, 0.1) is 7.11 Å². The maximum atomic E-state index is 6.23. The first-order valence-corrected chi connectivity index (χ1v) is 12.5. The second-order valence-electron chi connectivity index (χ2n) is 9.34. The molecule has 0 N–H and O–H groups in total. The molecule has 4 nitrogen and oxygen atoms in total. The number of rotatable bonds is 9. The van der Waals surface area contributed by atoms with Gasteiger partial charge >= 0.3 is 0 Å². The van der Waals surface area contributed by atoms with E-state index in [1.165, 1.54) is 22.3 Å². The van der Waals surface area contributed by atoms with Gasteiger partial charge in [0.2, 0.25) is 0 Å². The van der Waals surface area contributed by atoms with Crippen molar-refractivity contribution in [2.75, 3.05) is 20.7 Å². The maximum absolute atomic E-state index is 6.23. The van der Waals surface area contributed by atoms with Crippen LogP contribution < -0.4 is 14.2 Å². The third kappa shape index (κ3) is 5.72. The molecule has 4 aromatic rings. The summed E-state index contributed by atoms with van der Waals surface area (Å²) in [6, 6.07) is 33.6. The van der Waals surface area contributed by atoms with E-state index in [1.54, 1.807) is 7.11 Å². The smallest absolute Gasteiger partial charge is 0.162 e. The number of hydrogen-bond donors (Lipinski definition) is 0. The molecule has 0 aliphatic carbocycles. The average molecular weight is 480 g/mol. The molecule has 0 bridgehead atoms. The van der Waals surface area contributed by atoms with E-state index in [2.05, 4.69) is 72.6 Å².